The van der Waals surface area contributed by atoms with E-state index in [1.807, 2.05) is 48.5 Å². The summed E-state index contributed by atoms with van der Waals surface area (Å²) in [5.41, 5.74) is 5.32. The van der Waals surface area contributed by atoms with Gasteiger partial charge in [0.1, 0.15) is 0 Å². The number of rotatable bonds is 17. The highest BCUT2D eigenvalue weighted by atomic mass is 35.5. The molecule has 0 aromatic heterocycles. The lowest BCUT2D eigenvalue weighted by atomic mass is 9.69. The third kappa shape index (κ3) is 8.85. The molecule has 0 aliphatic rings. The molecule has 0 fully saturated rings. The van der Waals surface area contributed by atoms with E-state index < -0.39 is 0 Å². The summed E-state index contributed by atoms with van der Waals surface area (Å²) in [5.74, 6) is 0. The maximum absolute atomic E-state index is 6.25. The minimum absolute atomic E-state index is 0.0187. The zero-order valence-electron chi connectivity index (χ0n) is 26.2. The molecule has 44 heavy (non-hydrogen) atoms. The van der Waals surface area contributed by atoms with Crippen LogP contribution >= 0.6 is 46.4 Å². The predicted molar refractivity (Wildman–Crippen MR) is 194 cm³/mol. The van der Waals surface area contributed by atoms with Gasteiger partial charge in [0.15, 0.2) is 0 Å². The van der Waals surface area contributed by atoms with Gasteiger partial charge >= 0.3 is 0 Å². The van der Waals surface area contributed by atoms with Gasteiger partial charge in [0, 0.05) is 30.9 Å². The summed E-state index contributed by atoms with van der Waals surface area (Å²) in [7, 11) is 0. The summed E-state index contributed by atoms with van der Waals surface area (Å²) in [6.07, 6.45) is 14.4. The highest BCUT2D eigenvalue weighted by molar-refractivity contribution is 6.31. The topological polar surface area (TPSA) is 0 Å². The van der Waals surface area contributed by atoms with Gasteiger partial charge in [-0.05, 0) is 96.5 Å². The molecule has 4 rings (SSSR count). The van der Waals surface area contributed by atoms with Crippen LogP contribution in [0.4, 0.5) is 0 Å². The summed E-state index contributed by atoms with van der Waals surface area (Å²) in [6.45, 7) is 4.60. The van der Waals surface area contributed by atoms with Gasteiger partial charge in [-0.1, -0.05) is 160 Å². The molecule has 0 aliphatic heterocycles. The smallest absolute Gasteiger partial charge is 0.0406 e. The van der Waals surface area contributed by atoms with E-state index >= 15 is 0 Å². The van der Waals surface area contributed by atoms with Crippen molar-refractivity contribution >= 4 is 46.4 Å². The van der Waals surface area contributed by atoms with Crippen molar-refractivity contribution in [1.82, 2.24) is 0 Å². The molecule has 0 unspecified atom stereocenters. The fraction of sp³-hybridized carbons (Fsp3) is 0.400. The molecule has 0 N–H and O–H groups in total. The van der Waals surface area contributed by atoms with Crippen LogP contribution in [0.1, 0.15) is 113 Å². The lowest BCUT2D eigenvalue weighted by Crippen LogP contribution is -2.27. The van der Waals surface area contributed by atoms with Crippen molar-refractivity contribution in [2.24, 2.45) is 0 Å². The van der Waals surface area contributed by atoms with Gasteiger partial charge < -0.3 is 0 Å². The van der Waals surface area contributed by atoms with Crippen molar-refractivity contribution in [1.29, 1.82) is 0 Å². The van der Waals surface area contributed by atoms with Crippen LogP contribution < -0.4 is 0 Å². The molecular formula is C40H46Cl4. The Hall–Kier alpha value is -1.96. The molecular weight excluding hydrogens is 622 g/mol. The lowest BCUT2D eigenvalue weighted by molar-refractivity contribution is 0.417. The van der Waals surface area contributed by atoms with E-state index in [2.05, 4.69) is 62.4 Å². The fourth-order valence-corrected chi connectivity index (χ4v) is 7.57. The van der Waals surface area contributed by atoms with Crippen molar-refractivity contribution in [3.05, 3.63) is 139 Å². The number of hydrogen-bond acceptors (Lipinski definition) is 0. The van der Waals surface area contributed by atoms with Crippen LogP contribution in [-0.2, 0) is 10.8 Å². The molecule has 0 bridgehead atoms. The van der Waals surface area contributed by atoms with Gasteiger partial charge in [0.25, 0.3) is 0 Å². The third-order valence-electron chi connectivity index (χ3n) is 9.75. The number of benzene rings is 4. The molecule has 0 saturated heterocycles. The molecule has 0 spiro atoms. The van der Waals surface area contributed by atoms with E-state index in [9.17, 15) is 0 Å². The molecule has 0 saturated carbocycles. The molecule has 234 valence electrons. The molecule has 4 heteroatoms. The zero-order valence-corrected chi connectivity index (χ0v) is 29.3. The highest BCUT2D eigenvalue weighted by Crippen LogP contribution is 2.42. The van der Waals surface area contributed by atoms with Crippen LogP contribution in [0.25, 0.3) is 0 Å². The predicted octanol–water partition coefficient (Wildman–Crippen LogP) is 14.3. The standard InChI is InChI=1S/C40H46Cl4/c1-3-39(31-13-21-35(41)22-14-31,32-15-23-36(42)24-16-32)29-11-9-7-5-6-8-10-12-30-40(4-2,33-17-25-37(43)26-18-33)34-19-27-38(44)28-20-34/h13-28H,3-12,29-30H2,1-2H3. The van der Waals surface area contributed by atoms with Crippen LogP contribution in [0.2, 0.25) is 20.1 Å². The Bertz CT molecular complexity index is 1190. The monoisotopic (exact) mass is 666 g/mol. The molecule has 0 atom stereocenters. The number of hydrogen-bond donors (Lipinski definition) is 0. The van der Waals surface area contributed by atoms with Gasteiger partial charge in [-0.3, -0.25) is 0 Å². The van der Waals surface area contributed by atoms with E-state index in [0.29, 0.717) is 0 Å². The zero-order chi connectivity index (χ0) is 31.4. The van der Waals surface area contributed by atoms with E-state index in [1.54, 1.807) is 0 Å². The maximum atomic E-state index is 6.25. The Morgan fingerprint density at radius 2 is 0.545 bits per heavy atom. The van der Waals surface area contributed by atoms with Crippen molar-refractivity contribution in [3.8, 4) is 0 Å². The van der Waals surface area contributed by atoms with E-state index in [1.165, 1.54) is 73.6 Å². The Kier molecular flexibility index (Phi) is 13.6. The molecule has 0 aliphatic carbocycles. The van der Waals surface area contributed by atoms with Gasteiger partial charge in [-0.2, -0.15) is 0 Å². The minimum atomic E-state index is -0.0187. The molecule has 0 amide bonds. The Morgan fingerprint density at radius 1 is 0.341 bits per heavy atom. The molecule has 4 aromatic rings. The van der Waals surface area contributed by atoms with E-state index in [-0.39, 0.29) is 10.8 Å². The average Bonchev–Trinajstić information content (AvgIpc) is 3.04. The summed E-state index contributed by atoms with van der Waals surface area (Å²) in [6, 6.07) is 33.8. The second-order valence-electron chi connectivity index (χ2n) is 12.2. The van der Waals surface area contributed by atoms with Crippen molar-refractivity contribution < 1.29 is 0 Å². The average molecular weight is 669 g/mol. The molecule has 0 radical (unpaired) electrons. The maximum Gasteiger partial charge on any atom is 0.0406 e. The second kappa shape index (κ2) is 17.1. The summed E-state index contributed by atoms with van der Waals surface area (Å²) < 4.78 is 0. The van der Waals surface area contributed by atoms with Gasteiger partial charge in [0.05, 0.1) is 0 Å². The quantitative estimate of drug-likeness (QED) is 0.0983. The Labute approximate surface area is 286 Å². The largest absolute Gasteiger partial charge is 0.0843 e. The highest BCUT2D eigenvalue weighted by Gasteiger charge is 2.33. The first kappa shape index (κ1) is 34.9. The van der Waals surface area contributed by atoms with Gasteiger partial charge in [0.2, 0.25) is 0 Å². The summed E-state index contributed by atoms with van der Waals surface area (Å²) >= 11 is 25.0. The molecule has 4 aromatic carbocycles. The first-order valence-corrected chi connectivity index (χ1v) is 17.9. The first-order valence-electron chi connectivity index (χ1n) is 16.4. The molecule has 0 nitrogen and oxygen atoms in total. The minimum Gasteiger partial charge on any atom is -0.0843 e. The molecule has 0 heterocycles. The Balaban J connectivity index is 1.26. The Morgan fingerprint density at radius 3 is 0.750 bits per heavy atom. The summed E-state index contributed by atoms with van der Waals surface area (Å²) in [5, 5.41) is 3.13. The lowest BCUT2D eigenvalue weighted by Gasteiger charge is -2.35. The van der Waals surface area contributed by atoms with E-state index in [4.69, 9.17) is 46.4 Å². The van der Waals surface area contributed by atoms with Crippen LogP contribution in [0, 0.1) is 0 Å². The normalized spacial score (nSPS) is 12.0. The van der Waals surface area contributed by atoms with Crippen molar-refractivity contribution in [3.63, 3.8) is 0 Å². The van der Waals surface area contributed by atoms with Crippen molar-refractivity contribution in [2.75, 3.05) is 0 Å². The second-order valence-corrected chi connectivity index (χ2v) is 14.0. The first-order chi connectivity index (χ1) is 21.3. The van der Waals surface area contributed by atoms with Crippen LogP contribution in [-0.4, -0.2) is 0 Å². The fourth-order valence-electron chi connectivity index (χ4n) is 7.07. The van der Waals surface area contributed by atoms with Gasteiger partial charge in [-0.25, -0.2) is 0 Å². The van der Waals surface area contributed by atoms with Crippen molar-refractivity contribution in [2.45, 2.75) is 102 Å². The van der Waals surface area contributed by atoms with Gasteiger partial charge in [-0.15, -0.1) is 0 Å². The summed E-state index contributed by atoms with van der Waals surface area (Å²) in [4.78, 5) is 0. The van der Waals surface area contributed by atoms with Crippen LogP contribution in [0.3, 0.4) is 0 Å². The van der Waals surface area contributed by atoms with Crippen LogP contribution in [0.5, 0.6) is 0 Å². The SMILES string of the molecule is CCC(CCCCCCCCCCC(CC)(c1ccc(Cl)cc1)c1ccc(Cl)cc1)(c1ccc(Cl)cc1)c1ccc(Cl)cc1. The third-order valence-corrected chi connectivity index (χ3v) is 10.8. The van der Waals surface area contributed by atoms with E-state index in [0.717, 1.165) is 45.8 Å². The number of unbranched alkanes of at least 4 members (excludes halogenated alkanes) is 7. The number of halogens is 4. The van der Waals surface area contributed by atoms with Crippen LogP contribution in [0.15, 0.2) is 97.1 Å².